The number of pyridine rings is 2. The van der Waals surface area contributed by atoms with Gasteiger partial charge in [-0.2, -0.15) is 0 Å². The first kappa shape index (κ1) is 18.0. The van der Waals surface area contributed by atoms with Crippen molar-refractivity contribution in [2.75, 3.05) is 7.11 Å². The topological polar surface area (TPSA) is 52.1 Å². The van der Waals surface area contributed by atoms with Gasteiger partial charge >= 0.3 is 5.97 Å². The van der Waals surface area contributed by atoms with Crippen molar-refractivity contribution in [1.82, 2.24) is 9.97 Å². The van der Waals surface area contributed by atoms with Crippen LogP contribution in [0, 0.1) is 0 Å². The zero-order chi connectivity index (χ0) is 20.5. The summed E-state index contributed by atoms with van der Waals surface area (Å²) >= 11 is 0. The minimum atomic E-state index is -0.393. The number of carbonyl (C=O) groups excluding carboxylic acids is 1. The van der Waals surface area contributed by atoms with E-state index in [9.17, 15) is 4.79 Å². The third-order valence-electron chi connectivity index (χ3n) is 5.23. The molecule has 0 amide bonds. The molecule has 30 heavy (non-hydrogen) atoms. The normalized spacial score (nSPS) is 11.0. The molecule has 144 valence electrons. The van der Waals surface area contributed by atoms with E-state index in [1.807, 2.05) is 78.9 Å². The number of ether oxygens (including phenoxy) is 1. The van der Waals surface area contributed by atoms with Gasteiger partial charge < -0.3 is 4.74 Å². The van der Waals surface area contributed by atoms with E-state index in [1.165, 1.54) is 7.11 Å². The summed E-state index contributed by atoms with van der Waals surface area (Å²) in [5.74, 6) is -0.393. The van der Waals surface area contributed by atoms with Crippen molar-refractivity contribution < 1.29 is 9.53 Å². The molecule has 0 aliphatic heterocycles. The Labute approximate surface area is 173 Å². The number of esters is 1. The predicted octanol–water partition coefficient (Wildman–Crippen LogP) is 5.90. The molecule has 4 heteroatoms. The average molecular weight is 390 g/mol. The van der Waals surface area contributed by atoms with Crippen LogP contribution in [0.1, 0.15) is 10.4 Å². The molecule has 0 atom stereocenters. The second-order valence-electron chi connectivity index (χ2n) is 7.00. The molecule has 0 spiro atoms. The third kappa shape index (κ3) is 2.99. The molecule has 3 aromatic carbocycles. The van der Waals surface area contributed by atoms with E-state index in [1.54, 1.807) is 6.20 Å². The first-order valence-electron chi connectivity index (χ1n) is 9.68. The van der Waals surface area contributed by atoms with E-state index in [-0.39, 0.29) is 0 Å². The summed E-state index contributed by atoms with van der Waals surface area (Å²) in [5, 5.41) is 1.75. The Morgan fingerprint density at radius 2 is 1.50 bits per heavy atom. The van der Waals surface area contributed by atoms with Gasteiger partial charge in [0.2, 0.25) is 0 Å². The van der Waals surface area contributed by atoms with Crippen LogP contribution in [0.4, 0.5) is 0 Å². The lowest BCUT2D eigenvalue weighted by Gasteiger charge is -2.15. The van der Waals surface area contributed by atoms with Crippen LogP contribution < -0.4 is 0 Å². The maximum atomic E-state index is 12.9. The quantitative estimate of drug-likeness (QED) is 0.360. The Hall–Kier alpha value is -4.05. The zero-order valence-corrected chi connectivity index (χ0v) is 16.4. The van der Waals surface area contributed by atoms with E-state index in [4.69, 9.17) is 9.72 Å². The largest absolute Gasteiger partial charge is 0.465 e. The van der Waals surface area contributed by atoms with Gasteiger partial charge in [-0.05, 0) is 18.2 Å². The highest BCUT2D eigenvalue weighted by molar-refractivity contribution is 6.10. The van der Waals surface area contributed by atoms with Crippen LogP contribution in [0.15, 0.2) is 91.1 Å². The smallest absolute Gasteiger partial charge is 0.339 e. The minimum Gasteiger partial charge on any atom is -0.465 e. The van der Waals surface area contributed by atoms with Gasteiger partial charge in [-0.25, -0.2) is 9.78 Å². The number of para-hydroxylation sites is 2. The van der Waals surface area contributed by atoms with E-state index < -0.39 is 5.97 Å². The van der Waals surface area contributed by atoms with Crippen molar-refractivity contribution in [3.63, 3.8) is 0 Å². The van der Waals surface area contributed by atoms with Crippen molar-refractivity contribution >= 4 is 27.8 Å². The number of aromatic nitrogens is 2. The lowest BCUT2D eigenvalue weighted by Crippen LogP contribution is -2.06. The number of methoxy groups -OCH3 is 1. The minimum absolute atomic E-state index is 0.393. The Kier molecular flexibility index (Phi) is 4.45. The van der Waals surface area contributed by atoms with E-state index in [0.717, 1.165) is 38.6 Å². The molecule has 5 aromatic rings. The summed E-state index contributed by atoms with van der Waals surface area (Å²) < 4.78 is 5.15. The Bertz CT molecular complexity index is 1390. The molecule has 0 fully saturated rings. The maximum absolute atomic E-state index is 12.9. The number of benzene rings is 3. The fraction of sp³-hybridized carbons (Fsp3) is 0.0385. The van der Waals surface area contributed by atoms with Crippen LogP contribution in [0.25, 0.3) is 44.2 Å². The van der Waals surface area contributed by atoms with Crippen molar-refractivity contribution in [3.8, 4) is 22.4 Å². The molecular formula is C26H18N2O2. The monoisotopic (exact) mass is 390 g/mol. The van der Waals surface area contributed by atoms with Crippen LogP contribution in [0.5, 0.6) is 0 Å². The lowest BCUT2D eigenvalue weighted by molar-refractivity contribution is 0.0604. The van der Waals surface area contributed by atoms with Gasteiger partial charge in [0.25, 0.3) is 0 Å². The summed E-state index contributed by atoms with van der Waals surface area (Å²) in [5.41, 5.74) is 5.47. The highest BCUT2D eigenvalue weighted by Crippen LogP contribution is 2.37. The molecule has 5 rings (SSSR count). The van der Waals surface area contributed by atoms with Gasteiger partial charge in [0.15, 0.2) is 0 Å². The first-order chi connectivity index (χ1) is 14.8. The molecule has 0 N–H and O–H groups in total. The number of hydrogen-bond acceptors (Lipinski definition) is 4. The second-order valence-corrected chi connectivity index (χ2v) is 7.00. The summed E-state index contributed by atoms with van der Waals surface area (Å²) in [6.45, 7) is 0. The van der Waals surface area contributed by atoms with Gasteiger partial charge in [0.05, 0.1) is 29.4 Å². The zero-order valence-electron chi connectivity index (χ0n) is 16.4. The summed E-state index contributed by atoms with van der Waals surface area (Å²) in [7, 11) is 1.40. The molecule has 2 heterocycles. The summed E-state index contributed by atoms with van der Waals surface area (Å²) in [6.07, 6.45) is 1.74. The Morgan fingerprint density at radius 1 is 0.800 bits per heavy atom. The van der Waals surface area contributed by atoms with Crippen molar-refractivity contribution in [3.05, 3.63) is 96.7 Å². The fourth-order valence-electron chi connectivity index (χ4n) is 3.80. The molecule has 0 saturated heterocycles. The Morgan fingerprint density at radius 3 is 2.30 bits per heavy atom. The third-order valence-corrected chi connectivity index (χ3v) is 5.23. The fourth-order valence-corrected chi connectivity index (χ4v) is 3.80. The highest BCUT2D eigenvalue weighted by atomic mass is 16.5. The van der Waals surface area contributed by atoms with Crippen LogP contribution in [0.3, 0.4) is 0 Å². The number of fused-ring (bicyclic) bond motifs is 2. The molecule has 4 nitrogen and oxygen atoms in total. The lowest BCUT2D eigenvalue weighted by atomic mass is 9.93. The van der Waals surface area contributed by atoms with E-state index in [0.29, 0.717) is 11.1 Å². The van der Waals surface area contributed by atoms with Crippen LogP contribution in [-0.4, -0.2) is 23.0 Å². The first-order valence-corrected chi connectivity index (χ1v) is 9.68. The van der Waals surface area contributed by atoms with Crippen molar-refractivity contribution in [2.45, 2.75) is 0 Å². The number of hydrogen-bond donors (Lipinski definition) is 0. The van der Waals surface area contributed by atoms with Crippen LogP contribution in [0.2, 0.25) is 0 Å². The van der Waals surface area contributed by atoms with E-state index in [2.05, 4.69) is 11.1 Å². The van der Waals surface area contributed by atoms with Gasteiger partial charge in [-0.3, -0.25) is 4.98 Å². The molecule has 0 aliphatic rings. The molecule has 2 aromatic heterocycles. The van der Waals surface area contributed by atoms with Gasteiger partial charge in [0, 0.05) is 33.7 Å². The molecule has 0 radical (unpaired) electrons. The molecule has 0 unspecified atom stereocenters. The second kappa shape index (κ2) is 7.41. The summed E-state index contributed by atoms with van der Waals surface area (Å²) in [4.78, 5) is 22.4. The molecular weight excluding hydrogens is 372 g/mol. The predicted molar refractivity (Wildman–Crippen MR) is 119 cm³/mol. The SMILES string of the molecule is COC(=O)c1c(-c2cc3ccccc3nc2-c2ccccc2)cnc2ccccc12. The van der Waals surface area contributed by atoms with Crippen LogP contribution in [-0.2, 0) is 4.74 Å². The number of carbonyl (C=O) groups is 1. The van der Waals surface area contributed by atoms with Crippen molar-refractivity contribution in [1.29, 1.82) is 0 Å². The van der Waals surface area contributed by atoms with Gasteiger partial charge in [-0.15, -0.1) is 0 Å². The summed E-state index contributed by atoms with van der Waals surface area (Å²) in [6, 6.07) is 27.6. The van der Waals surface area contributed by atoms with Gasteiger partial charge in [0.1, 0.15) is 0 Å². The van der Waals surface area contributed by atoms with Crippen LogP contribution >= 0.6 is 0 Å². The standard InChI is InChI=1S/C26H18N2O2/c1-30-26(29)24-19-12-6-8-14-23(19)27-16-21(24)20-15-18-11-5-7-13-22(18)28-25(20)17-9-3-2-4-10-17/h2-16H,1H3. The van der Waals surface area contributed by atoms with E-state index >= 15 is 0 Å². The van der Waals surface area contributed by atoms with Gasteiger partial charge in [-0.1, -0.05) is 66.7 Å². The molecule has 0 saturated carbocycles. The highest BCUT2D eigenvalue weighted by Gasteiger charge is 2.21. The number of rotatable bonds is 3. The maximum Gasteiger partial charge on any atom is 0.339 e. The van der Waals surface area contributed by atoms with Crippen molar-refractivity contribution in [2.24, 2.45) is 0 Å². The number of nitrogens with zero attached hydrogens (tertiary/aromatic N) is 2. The molecule has 0 aliphatic carbocycles. The average Bonchev–Trinajstić information content (AvgIpc) is 2.82. The Balaban J connectivity index is 1.90. The molecule has 0 bridgehead atoms.